The van der Waals surface area contributed by atoms with E-state index in [2.05, 4.69) is 25.2 Å². The topological polar surface area (TPSA) is 126 Å². The van der Waals surface area contributed by atoms with Gasteiger partial charge in [0.15, 0.2) is 5.78 Å². The summed E-state index contributed by atoms with van der Waals surface area (Å²) in [6.07, 6.45) is 1.06. The summed E-state index contributed by atoms with van der Waals surface area (Å²) < 4.78 is 17.6. The highest BCUT2D eigenvalue weighted by Crippen LogP contribution is 2.06. The Bertz CT molecular complexity index is 949. The van der Waals surface area contributed by atoms with Gasteiger partial charge in [0.2, 0.25) is 0 Å². The summed E-state index contributed by atoms with van der Waals surface area (Å²) in [5.74, 6) is -1.28. The normalized spacial score (nSPS) is 8.94. The molecule has 1 aromatic carbocycles. The number of methoxy groups -OCH3 is 3. The lowest BCUT2D eigenvalue weighted by molar-refractivity contribution is -0.136. The van der Waals surface area contributed by atoms with E-state index in [0.717, 1.165) is 12.3 Å². The fraction of sp³-hybridized carbons (Fsp3) is 0.227. The second kappa shape index (κ2) is 14.0. The van der Waals surface area contributed by atoms with Gasteiger partial charge in [0.25, 0.3) is 0 Å². The molecule has 9 nitrogen and oxygen atoms in total. The number of ketones is 1. The van der Waals surface area contributed by atoms with E-state index in [9.17, 15) is 24.0 Å². The number of esters is 3. The zero-order valence-corrected chi connectivity index (χ0v) is 17.9. The summed E-state index contributed by atoms with van der Waals surface area (Å²) in [5, 5.41) is 0. The molecule has 2 aromatic rings. The molecule has 166 valence electrons. The Morgan fingerprint density at radius 2 is 1.19 bits per heavy atom. The Labute approximate surface area is 179 Å². The third-order valence-corrected chi connectivity index (χ3v) is 3.37. The first-order valence-electron chi connectivity index (χ1n) is 8.67. The first-order chi connectivity index (χ1) is 14.6. The minimum absolute atomic E-state index is 0.0172. The van der Waals surface area contributed by atoms with Crippen LogP contribution in [0.1, 0.15) is 44.9 Å². The van der Waals surface area contributed by atoms with Gasteiger partial charge in [-0.3, -0.25) is 4.79 Å². The summed E-state index contributed by atoms with van der Waals surface area (Å²) in [6, 6.07) is 8.86. The maximum Gasteiger partial charge on any atom is 0.341 e. The molecule has 0 unspecified atom stereocenters. The minimum Gasteiger partial charge on any atom is -0.466 e. The molecule has 0 N–H and O–H groups in total. The Kier molecular flexibility index (Phi) is 12.2. The Morgan fingerprint density at radius 1 is 0.742 bits per heavy atom. The second-order valence-corrected chi connectivity index (χ2v) is 5.73. The molecule has 2 rings (SSSR count). The zero-order valence-electron chi connectivity index (χ0n) is 17.9. The molecule has 0 atom stereocenters. The Hall–Kier alpha value is -4.01. The molecule has 0 bridgehead atoms. The van der Waals surface area contributed by atoms with E-state index >= 15 is 0 Å². The maximum atomic E-state index is 11.0. The van der Waals surface area contributed by atoms with E-state index in [1.54, 1.807) is 31.2 Å². The lowest BCUT2D eigenvalue weighted by atomic mass is 10.1. The fourth-order valence-electron chi connectivity index (χ4n) is 1.73. The first kappa shape index (κ1) is 27.0. The van der Waals surface area contributed by atoms with E-state index in [1.165, 1.54) is 34.3 Å². The summed E-state index contributed by atoms with van der Waals surface area (Å²) in [7, 11) is 3.91. The predicted octanol–water partition coefficient (Wildman–Crippen LogP) is 2.84. The molecule has 0 radical (unpaired) electrons. The van der Waals surface area contributed by atoms with E-state index in [4.69, 9.17) is 0 Å². The average Bonchev–Trinajstić information content (AvgIpc) is 2.78. The third-order valence-electron chi connectivity index (χ3n) is 3.37. The molecular weight excluding hydrogens is 408 g/mol. The van der Waals surface area contributed by atoms with Crippen molar-refractivity contribution in [3.05, 3.63) is 81.9 Å². The van der Waals surface area contributed by atoms with Crippen molar-refractivity contribution in [1.82, 2.24) is 0 Å². The summed E-state index contributed by atoms with van der Waals surface area (Å²) in [6.45, 7) is 6.43. The van der Waals surface area contributed by atoms with Crippen LogP contribution in [0.3, 0.4) is 0 Å². The number of carbonyl (C=O) groups is 4. The molecule has 0 spiro atoms. The van der Waals surface area contributed by atoms with Crippen molar-refractivity contribution in [1.29, 1.82) is 0 Å². The molecule has 0 saturated carbocycles. The number of rotatable bonds is 4. The van der Waals surface area contributed by atoms with Crippen LogP contribution in [0.5, 0.6) is 0 Å². The van der Waals surface area contributed by atoms with Gasteiger partial charge in [0.1, 0.15) is 6.26 Å². The zero-order chi connectivity index (χ0) is 24.0. The van der Waals surface area contributed by atoms with Crippen molar-refractivity contribution in [2.75, 3.05) is 21.3 Å². The van der Waals surface area contributed by atoms with Crippen molar-refractivity contribution in [3.63, 3.8) is 0 Å². The van der Waals surface area contributed by atoms with Crippen LogP contribution in [-0.2, 0) is 19.0 Å². The number of hydrogen-bond donors (Lipinski definition) is 0. The highest BCUT2D eigenvalue weighted by molar-refractivity contribution is 5.96. The Balaban J connectivity index is 0.000000457. The van der Waals surface area contributed by atoms with E-state index in [0.29, 0.717) is 16.7 Å². The molecule has 0 amide bonds. The van der Waals surface area contributed by atoms with Crippen LogP contribution in [0, 0.1) is 0 Å². The molecule has 0 aliphatic heterocycles. The smallest absolute Gasteiger partial charge is 0.341 e. The molecule has 9 heteroatoms. The van der Waals surface area contributed by atoms with E-state index in [-0.39, 0.29) is 17.3 Å². The standard InChI is InChI=1S/C10H10O3.C7H6O4.C5H8O2/c1-7(11)8-3-5-9(6-4-8)10(12)13-2;1-10-7(9)5-2-3-6(8)11-4-5;1-4(2)5(6)7-3/h3-6H,1-2H3;2-4H,1H3;1H2,2-3H3. The molecule has 31 heavy (non-hydrogen) atoms. The lowest BCUT2D eigenvalue weighted by Gasteiger charge is -1.99. The largest absolute Gasteiger partial charge is 0.466 e. The number of benzene rings is 1. The summed E-state index contributed by atoms with van der Waals surface area (Å²) in [5.41, 5.74) is 1.22. The van der Waals surface area contributed by atoms with Gasteiger partial charge in [0, 0.05) is 17.2 Å². The molecule has 0 aliphatic carbocycles. The van der Waals surface area contributed by atoms with Crippen LogP contribution >= 0.6 is 0 Å². The van der Waals surface area contributed by atoms with Gasteiger partial charge in [-0.15, -0.1) is 0 Å². The number of ether oxygens (including phenoxy) is 3. The van der Waals surface area contributed by atoms with E-state index < -0.39 is 17.6 Å². The molecule has 0 saturated heterocycles. The van der Waals surface area contributed by atoms with Crippen LogP contribution in [0.15, 0.2) is 64.0 Å². The molecule has 0 fully saturated rings. The monoisotopic (exact) mass is 432 g/mol. The van der Waals surface area contributed by atoms with Gasteiger partial charge in [-0.2, -0.15) is 0 Å². The third kappa shape index (κ3) is 10.4. The molecular formula is C22H24O9. The average molecular weight is 432 g/mol. The van der Waals surface area contributed by atoms with Crippen LogP contribution < -0.4 is 5.63 Å². The van der Waals surface area contributed by atoms with Gasteiger partial charge in [-0.1, -0.05) is 18.7 Å². The van der Waals surface area contributed by atoms with Crippen molar-refractivity contribution in [2.24, 2.45) is 0 Å². The van der Waals surface area contributed by atoms with Gasteiger partial charge >= 0.3 is 23.5 Å². The number of Topliss-reactive ketones (excluding diaryl/α,β-unsaturated/α-hetero) is 1. The highest BCUT2D eigenvalue weighted by atomic mass is 16.5. The second-order valence-electron chi connectivity index (χ2n) is 5.73. The van der Waals surface area contributed by atoms with E-state index in [1.807, 2.05) is 0 Å². The van der Waals surface area contributed by atoms with Crippen molar-refractivity contribution in [2.45, 2.75) is 13.8 Å². The fourth-order valence-corrected chi connectivity index (χ4v) is 1.73. The highest BCUT2D eigenvalue weighted by Gasteiger charge is 2.05. The first-order valence-corrected chi connectivity index (χ1v) is 8.67. The predicted molar refractivity (Wildman–Crippen MR) is 111 cm³/mol. The van der Waals surface area contributed by atoms with Crippen LogP contribution in [0.2, 0.25) is 0 Å². The van der Waals surface area contributed by atoms with Gasteiger partial charge in [-0.25, -0.2) is 19.2 Å². The van der Waals surface area contributed by atoms with Crippen molar-refractivity contribution >= 4 is 23.7 Å². The minimum atomic E-state index is -0.520. The van der Waals surface area contributed by atoms with Crippen molar-refractivity contribution in [3.8, 4) is 0 Å². The molecule has 0 aliphatic rings. The number of carbonyl (C=O) groups excluding carboxylic acids is 4. The number of hydrogen-bond acceptors (Lipinski definition) is 9. The lowest BCUT2D eigenvalue weighted by Crippen LogP contribution is -2.03. The Morgan fingerprint density at radius 3 is 1.52 bits per heavy atom. The quantitative estimate of drug-likeness (QED) is 0.310. The van der Waals surface area contributed by atoms with Gasteiger partial charge in [-0.05, 0) is 32.0 Å². The van der Waals surface area contributed by atoms with Crippen LogP contribution in [0.4, 0.5) is 0 Å². The molecule has 1 aromatic heterocycles. The maximum absolute atomic E-state index is 11.0. The van der Waals surface area contributed by atoms with Gasteiger partial charge < -0.3 is 18.6 Å². The van der Waals surface area contributed by atoms with Crippen LogP contribution in [-0.4, -0.2) is 45.0 Å². The summed E-state index contributed by atoms with van der Waals surface area (Å²) >= 11 is 0. The summed E-state index contributed by atoms with van der Waals surface area (Å²) in [4.78, 5) is 53.2. The van der Waals surface area contributed by atoms with Crippen molar-refractivity contribution < 1.29 is 37.8 Å². The molecule has 1 heterocycles. The van der Waals surface area contributed by atoms with Crippen LogP contribution in [0.25, 0.3) is 0 Å². The van der Waals surface area contributed by atoms with Gasteiger partial charge in [0.05, 0.1) is 32.5 Å². The SMILES string of the molecule is C=C(C)C(=O)OC.COC(=O)c1ccc(=O)oc1.COC(=O)c1ccc(C(C)=O)cc1.